The third kappa shape index (κ3) is 4.42. The van der Waals surface area contributed by atoms with Crippen LogP contribution < -0.4 is 4.65 Å². The van der Waals surface area contributed by atoms with Crippen LogP contribution in [0.4, 0.5) is 4.39 Å². The first-order valence-electron chi connectivity index (χ1n) is 4.99. The van der Waals surface area contributed by atoms with Crippen LogP contribution in [0.5, 0.6) is 5.75 Å². The Morgan fingerprint density at radius 2 is 2.18 bits per heavy atom. The largest absolute Gasteiger partial charge is 0.707 e. The lowest BCUT2D eigenvalue weighted by Gasteiger charge is -2.07. The Morgan fingerprint density at radius 3 is 2.71 bits per heavy atom. The second-order valence-electron chi connectivity index (χ2n) is 3.18. The van der Waals surface area contributed by atoms with Gasteiger partial charge in [0.2, 0.25) is 0 Å². The lowest BCUT2D eigenvalue weighted by atomic mass is 10.1. The minimum absolute atomic E-state index is 0.0369. The summed E-state index contributed by atoms with van der Waals surface area (Å²) in [5.41, 5.74) is 0.156. The fraction of sp³-hybridized carbons (Fsp3) is 0.300. The number of halogens is 1. The van der Waals surface area contributed by atoms with Crippen molar-refractivity contribution in [3.8, 4) is 5.75 Å². The smallest absolute Gasteiger partial charge is 0.512 e. The quantitative estimate of drug-likeness (QED) is 0.572. The number of esters is 1. The molecule has 0 atom stereocenters. The molecule has 0 fully saturated rings. The standard InChI is InChI=1S/C10H12BFO5/c1-2-16-10(13)5-7-3-4-8(6-9(7)12)17-11(14)15/h3-4,6,14-15H,2,5H2,1H3. The van der Waals surface area contributed by atoms with Crippen LogP contribution in [0.2, 0.25) is 0 Å². The average Bonchev–Trinajstić information content (AvgIpc) is 2.21. The van der Waals surface area contributed by atoms with Crippen LogP contribution in [0.1, 0.15) is 12.5 Å². The predicted octanol–water partition coefficient (Wildman–Crippen LogP) is 0.280. The summed E-state index contributed by atoms with van der Waals surface area (Å²) in [4.78, 5) is 11.1. The molecule has 0 unspecified atom stereocenters. The van der Waals surface area contributed by atoms with Crippen molar-refractivity contribution in [3.05, 3.63) is 29.6 Å². The van der Waals surface area contributed by atoms with Gasteiger partial charge in [-0.3, -0.25) is 4.79 Å². The summed E-state index contributed by atoms with van der Waals surface area (Å²) in [6.45, 7) is 1.90. The van der Waals surface area contributed by atoms with Gasteiger partial charge in [-0.2, -0.15) is 0 Å². The van der Waals surface area contributed by atoms with Crippen LogP contribution >= 0.6 is 0 Å². The third-order valence-corrected chi connectivity index (χ3v) is 1.91. The SMILES string of the molecule is CCOC(=O)Cc1ccc(OB(O)O)cc1F. The molecule has 0 aliphatic heterocycles. The first kappa shape index (κ1) is 13.5. The molecule has 7 heteroatoms. The topological polar surface area (TPSA) is 76.0 Å². The number of benzene rings is 1. The van der Waals surface area contributed by atoms with Crippen molar-refractivity contribution in [1.82, 2.24) is 0 Å². The normalized spacial score (nSPS) is 9.88. The molecule has 0 saturated heterocycles. The van der Waals surface area contributed by atoms with Crippen molar-refractivity contribution in [3.63, 3.8) is 0 Å². The molecule has 2 N–H and O–H groups in total. The van der Waals surface area contributed by atoms with Gasteiger partial charge in [0.25, 0.3) is 0 Å². The summed E-state index contributed by atoms with van der Waals surface area (Å²) in [6, 6.07) is 3.62. The van der Waals surface area contributed by atoms with Crippen LogP contribution in [-0.4, -0.2) is 29.9 Å². The van der Waals surface area contributed by atoms with Crippen LogP contribution in [0, 0.1) is 5.82 Å². The van der Waals surface area contributed by atoms with Crippen LogP contribution in [0.25, 0.3) is 0 Å². The summed E-state index contributed by atoms with van der Waals surface area (Å²) in [5.74, 6) is -1.23. The number of carbonyl (C=O) groups excluding carboxylic acids is 1. The van der Waals surface area contributed by atoms with E-state index in [-0.39, 0.29) is 24.3 Å². The van der Waals surface area contributed by atoms with E-state index in [0.717, 1.165) is 6.07 Å². The van der Waals surface area contributed by atoms with Gasteiger partial charge in [-0.1, -0.05) is 6.07 Å². The van der Waals surface area contributed by atoms with Gasteiger partial charge in [0.15, 0.2) is 0 Å². The van der Waals surface area contributed by atoms with Crippen LogP contribution in [0.15, 0.2) is 18.2 Å². The Morgan fingerprint density at radius 1 is 1.47 bits per heavy atom. The van der Waals surface area contributed by atoms with E-state index in [2.05, 4.69) is 9.39 Å². The zero-order valence-corrected chi connectivity index (χ0v) is 9.22. The molecule has 0 bridgehead atoms. The highest BCUT2D eigenvalue weighted by Gasteiger charge is 2.14. The summed E-state index contributed by atoms with van der Waals surface area (Å²) in [6.07, 6.45) is -0.179. The van der Waals surface area contributed by atoms with Gasteiger partial charge in [0.05, 0.1) is 13.0 Å². The fourth-order valence-electron chi connectivity index (χ4n) is 1.23. The monoisotopic (exact) mass is 242 g/mol. The molecule has 0 aliphatic carbocycles. The van der Waals surface area contributed by atoms with E-state index in [0.29, 0.717) is 0 Å². The highest BCUT2D eigenvalue weighted by molar-refractivity contribution is 6.33. The minimum Gasteiger partial charge on any atom is -0.512 e. The van der Waals surface area contributed by atoms with Crippen molar-refractivity contribution < 1.29 is 28.6 Å². The van der Waals surface area contributed by atoms with E-state index in [9.17, 15) is 9.18 Å². The Bertz CT molecular complexity index is 396. The summed E-state index contributed by atoms with van der Waals surface area (Å²) in [5, 5.41) is 17.0. The van der Waals surface area contributed by atoms with E-state index < -0.39 is 19.1 Å². The lowest BCUT2D eigenvalue weighted by Crippen LogP contribution is -2.20. The molecule has 0 amide bonds. The highest BCUT2D eigenvalue weighted by Crippen LogP contribution is 2.17. The van der Waals surface area contributed by atoms with Gasteiger partial charge in [-0.05, 0) is 18.6 Å². The molecule has 5 nitrogen and oxygen atoms in total. The zero-order chi connectivity index (χ0) is 12.8. The molecular formula is C10H12BFO5. The van der Waals surface area contributed by atoms with Crippen molar-refractivity contribution in [2.24, 2.45) is 0 Å². The molecule has 1 rings (SSSR count). The Labute approximate surface area is 98.0 Å². The number of hydrogen-bond donors (Lipinski definition) is 2. The Kier molecular flexibility index (Phi) is 4.93. The summed E-state index contributed by atoms with van der Waals surface area (Å²) in [7, 11) is -2.01. The average molecular weight is 242 g/mol. The van der Waals surface area contributed by atoms with Gasteiger partial charge < -0.3 is 19.4 Å². The van der Waals surface area contributed by atoms with Crippen LogP contribution in [-0.2, 0) is 16.0 Å². The maximum Gasteiger partial charge on any atom is 0.707 e. The zero-order valence-electron chi connectivity index (χ0n) is 9.22. The van der Waals surface area contributed by atoms with Gasteiger partial charge in [-0.15, -0.1) is 0 Å². The molecule has 0 heterocycles. The number of ether oxygens (including phenoxy) is 1. The molecule has 0 aliphatic rings. The first-order chi connectivity index (χ1) is 8.02. The molecule has 1 aromatic rings. The molecule has 17 heavy (non-hydrogen) atoms. The Balaban J connectivity index is 2.72. The summed E-state index contributed by atoms with van der Waals surface area (Å²) >= 11 is 0. The van der Waals surface area contributed by atoms with Crippen molar-refractivity contribution in [1.29, 1.82) is 0 Å². The number of carbonyl (C=O) groups is 1. The van der Waals surface area contributed by atoms with E-state index in [4.69, 9.17) is 10.0 Å². The fourth-order valence-corrected chi connectivity index (χ4v) is 1.23. The molecule has 0 saturated carbocycles. The number of hydrogen-bond acceptors (Lipinski definition) is 5. The minimum atomic E-state index is -2.01. The van der Waals surface area contributed by atoms with E-state index in [1.54, 1.807) is 6.92 Å². The van der Waals surface area contributed by atoms with Crippen molar-refractivity contribution in [2.45, 2.75) is 13.3 Å². The van der Waals surface area contributed by atoms with Gasteiger partial charge in [0.1, 0.15) is 11.6 Å². The molecule has 1 aromatic carbocycles. The molecule has 92 valence electrons. The maximum absolute atomic E-state index is 13.5. The first-order valence-corrected chi connectivity index (χ1v) is 4.99. The maximum atomic E-state index is 13.5. The van der Waals surface area contributed by atoms with Crippen molar-refractivity contribution in [2.75, 3.05) is 6.61 Å². The second-order valence-corrected chi connectivity index (χ2v) is 3.18. The van der Waals surface area contributed by atoms with E-state index >= 15 is 0 Å². The summed E-state index contributed by atoms with van der Waals surface area (Å²) < 4.78 is 22.6. The highest BCUT2D eigenvalue weighted by atomic mass is 19.1. The van der Waals surface area contributed by atoms with Crippen LogP contribution in [0.3, 0.4) is 0 Å². The molecular weight excluding hydrogens is 230 g/mol. The molecule has 0 spiro atoms. The van der Waals surface area contributed by atoms with Crippen molar-refractivity contribution >= 4 is 13.3 Å². The lowest BCUT2D eigenvalue weighted by molar-refractivity contribution is -0.142. The Hall–Kier alpha value is -1.60. The van der Waals surface area contributed by atoms with E-state index in [1.807, 2.05) is 0 Å². The second kappa shape index (κ2) is 6.22. The molecule has 0 radical (unpaired) electrons. The third-order valence-electron chi connectivity index (χ3n) is 1.91. The predicted molar refractivity (Wildman–Crippen MR) is 57.6 cm³/mol. The number of rotatable bonds is 5. The van der Waals surface area contributed by atoms with E-state index in [1.165, 1.54) is 12.1 Å². The van der Waals surface area contributed by atoms with Gasteiger partial charge >= 0.3 is 13.3 Å². The van der Waals surface area contributed by atoms with Gasteiger partial charge in [-0.25, -0.2) is 4.39 Å². The van der Waals surface area contributed by atoms with Gasteiger partial charge in [0, 0.05) is 6.07 Å². The molecule has 0 aromatic heterocycles.